The van der Waals surface area contributed by atoms with Gasteiger partial charge in [-0.25, -0.2) is 0 Å². The average Bonchev–Trinajstić information content (AvgIpc) is 2.06. The van der Waals surface area contributed by atoms with E-state index in [1.165, 1.54) is 5.39 Å². The molecule has 0 amide bonds. The molecular weight excluding hydrogens is 170 g/mol. The Labute approximate surface area is 76.6 Å². The summed E-state index contributed by atoms with van der Waals surface area (Å²) in [6.45, 7) is 0. The highest BCUT2D eigenvalue weighted by atomic mass is 35.5. The third kappa shape index (κ3) is 1.42. The molecule has 0 saturated carbocycles. The van der Waals surface area contributed by atoms with Crippen LogP contribution in [0.4, 0.5) is 0 Å². The van der Waals surface area contributed by atoms with Gasteiger partial charge in [-0.05, 0) is 11.5 Å². The summed E-state index contributed by atoms with van der Waals surface area (Å²) in [7, 11) is 0. The van der Waals surface area contributed by atoms with Gasteiger partial charge in [0.15, 0.2) is 0 Å². The minimum Gasteiger partial charge on any atom is -0.344 e. The van der Waals surface area contributed by atoms with Crippen LogP contribution in [-0.4, -0.2) is 0 Å². The minimum absolute atomic E-state index is 0. The third-order valence-electron chi connectivity index (χ3n) is 1.74. The lowest BCUT2D eigenvalue weighted by Gasteiger charge is -1.97. The zero-order valence-electron chi connectivity index (χ0n) is 6.63. The molecule has 0 fully saturated rings. The van der Waals surface area contributed by atoms with Gasteiger partial charge >= 0.3 is 0 Å². The van der Waals surface area contributed by atoms with Crippen molar-refractivity contribution in [2.45, 2.75) is 0 Å². The Balaban J connectivity index is 0.000000720. The van der Waals surface area contributed by atoms with Crippen LogP contribution >= 0.6 is 11.6 Å². The first-order valence-electron chi connectivity index (χ1n) is 3.51. The third-order valence-corrected chi connectivity index (χ3v) is 2.07. The fraction of sp³-hybridized carbons (Fsp3) is 0. The Morgan fingerprint density at radius 2 is 1.50 bits per heavy atom. The molecular formula is C10H10ClN. The van der Waals surface area contributed by atoms with Crippen LogP contribution in [0.5, 0.6) is 0 Å². The van der Waals surface area contributed by atoms with Crippen molar-refractivity contribution in [3.05, 3.63) is 47.5 Å². The summed E-state index contributed by atoms with van der Waals surface area (Å²) in [4.78, 5) is 0. The van der Waals surface area contributed by atoms with E-state index in [0.29, 0.717) is 0 Å². The quantitative estimate of drug-likeness (QED) is 0.658. The van der Waals surface area contributed by atoms with Crippen LogP contribution in [-0.2, 0) is 0 Å². The van der Waals surface area contributed by atoms with Gasteiger partial charge in [0, 0.05) is 10.4 Å². The van der Waals surface area contributed by atoms with Crippen LogP contribution < -0.4 is 6.15 Å². The Kier molecular flexibility index (Phi) is 2.69. The highest BCUT2D eigenvalue weighted by Gasteiger charge is 1.93. The van der Waals surface area contributed by atoms with E-state index in [2.05, 4.69) is 12.1 Å². The van der Waals surface area contributed by atoms with Gasteiger partial charge < -0.3 is 6.15 Å². The van der Waals surface area contributed by atoms with Crippen molar-refractivity contribution in [2.75, 3.05) is 0 Å². The predicted octanol–water partition coefficient (Wildman–Crippen LogP) is 3.66. The van der Waals surface area contributed by atoms with Gasteiger partial charge in [-0.15, -0.1) is 0 Å². The SMILES string of the molecule is Clc1cccc2ccccc12.N. The fourth-order valence-corrected chi connectivity index (χ4v) is 1.43. The molecule has 3 N–H and O–H groups in total. The maximum absolute atomic E-state index is 5.96. The monoisotopic (exact) mass is 179 g/mol. The largest absolute Gasteiger partial charge is 0.344 e. The molecule has 2 aromatic rings. The molecule has 1 nitrogen and oxygen atoms in total. The van der Waals surface area contributed by atoms with Crippen molar-refractivity contribution >= 4 is 22.4 Å². The van der Waals surface area contributed by atoms with Gasteiger partial charge in [-0.3, -0.25) is 0 Å². The average molecular weight is 180 g/mol. The fourth-order valence-electron chi connectivity index (χ4n) is 1.19. The first kappa shape index (κ1) is 9.04. The molecule has 0 aliphatic heterocycles. The Morgan fingerprint density at radius 3 is 2.25 bits per heavy atom. The summed E-state index contributed by atoms with van der Waals surface area (Å²) in [5, 5.41) is 3.14. The second-order valence-electron chi connectivity index (χ2n) is 2.46. The molecule has 0 saturated heterocycles. The zero-order valence-corrected chi connectivity index (χ0v) is 7.38. The number of halogens is 1. The van der Waals surface area contributed by atoms with Crippen LogP contribution in [0.3, 0.4) is 0 Å². The Bertz CT molecular complexity index is 379. The molecule has 0 aromatic heterocycles. The topological polar surface area (TPSA) is 35.0 Å². The van der Waals surface area contributed by atoms with Crippen LogP contribution in [0, 0.1) is 0 Å². The van der Waals surface area contributed by atoms with E-state index in [1.54, 1.807) is 0 Å². The van der Waals surface area contributed by atoms with Crippen LogP contribution in [0.25, 0.3) is 10.8 Å². The van der Waals surface area contributed by atoms with Gasteiger partial charge in [-0.2, -0.15) is 0 Å². The Morgan fingerprint density at radius 1 is 0.833 bits per heavy atom. The van der Waals surface area contributed by atoms with Crippen molar-refractivity contribution in [2.24, 2.45) is 0 Å². The normalized spacial score (nSPS) is 9.42. The van der Waals surface area contributed by atoms with Gasteiger partial charge in [-0.1, -0.05) is 48.0 Å². The predicted molar refractivity (Wildman–Crippen MR) is 54.0 cm³/mol. The lowest BCUT2D eigenvalue weighted by molar-refractivity contribution is 1.75. The number of hydrogen-bond acceptors (Lipinski definition) is 1. The number of benzene rings is 2. The van der Waals surface area contributed by atoms with Crippen molar-refractivity contribution in [3.8, 4) is 0 Å². The maximum Gasteiger partial charge on any atom is 0.0484 e. The van der Waals surface area contributed by atoms with Crippen molar-refractivity contribution in [3.63, 3.8) is 0 Å². The van der Waals surface area contributed by atoms with Crippen molar-refractivity contribution < 1.29 is 0 Å². The van der Waals surface area contributed by atoms with E-state index in [-0.39, 0.29) is 6.15 Å². The van der Waals surface area contributed by atoms with Gasteiger partial charge in [0.25, 0.3) is 0 Å². The molecule has 0 aliphatic rings. The summed E-state index contributed by atoms with van der Waals surface area (Å²) in [5.74, 6) is 0. The first-order chi connectivity index (χ1) is 5.38. The Hall–Kier alpha value is -1.05. The van der Waals surface area contributed by atoms with E-state index in [4.69, 9.17) is 11.6 Å². The molecule has 62 valence electrons. The van der Waals surface area contributed by atoms with Gasteiger partial charge in [0.2, 0.25) is 0 Å². The minimum atomic E-state index is 0. The zero-order chi connectivity index (χ0) is 7.68. The second-order valence-corrected chi connectivity index (χ2v) is 2.87. The van der Waals surface area contributed by atoms with Crippen LogP contribution in [0.15, 0.2) is 42.5 Å². The van der Waals surface area contributed by atoms with E-state index >= 15 is 0 Å². The summed E-state index contributed by atoms with van der Waals surface area (Å²) >= 11 is 5.96. The lowest BCUT2D eigenvalue weighted by atomic mass is 10.1. The van der Waals surface area contributed by atoms with E-state index in [9.17, 15) is 0 Å². The summed E-state index contributed by atoms with van der Waals surface area (Å²) in [5.41, 5.74) is 0. The van der Waals surface area contributed by atoms with Crippen LogP contribution in [0.1, 0.15) is 0 Å². The van der Waals surface area contributed by atoms with E-state index in [0.717, 1.165) is 10.4 Å². The molecule has 0 heterocycles. The summed E-state index contributed by atoms with van der Waals surface area (Å²) in [6.07, 6.45) is 0. The standard InChI is InChI=1S/C10H7Cl.H3N/c11-10-7-3-5-8-4-1-2-6-9(8)10;/h1-7H;1H3. The highest BCUT2D eigenvalue weighted by molar-refractivity contribution is 6.35. The molecule has 0 atom stereocenters. The molecule has 0 unspecified atom stereocenters. The van der Waals surface area contributed by atoms with Crippen molar-refractivity contribution in [1.82, 2.24) is 6.15 Å². The molecule has 0 bridgehead atoms. The van der Waals surface area contributed by atoms with Crippen LogP contribution in [0.2, 0.25) is 5.02 Å². The highest BCUT2D eigenvalue weighted by Crippen LogP contribution is 2.21. The molecule has 12 heavy (non-hydrogen) atoms. The number of rotatable bonds is 0. The summed E-state index contributed by atoms with van der Waals surface area (Å²) < 4.78 is 0. The molecule has 0 aliphatic carbocycles. The van der Waals surface area contributed by atoms with E-state index in [1.807, 2.05) is 30.3 Å². The number of fused-ring (bicyclic) bond motifs is 1. The van der Waals surface area contributed by atoms with Gasteiger partial charge in [0.1, 0.15) is 0 Å². The van der Waals surface area contributed by atoms with Crippen molar-refractivity contribution in [1.29, 1.82) is 0 Å². The smallest absolute Gasteiger partial charge is 0.0484 e. The molecule has 2 rings (SSSR count). The second kappa shape index (κ2) is 3.57. The number of hydrogen-bond donors (Lipinski definition) is 1. The molecule has 2 aromatic carbocycles. The summed E-state index contributed by atoms with van der Waals surface area (Å²) in [6, 6.07) is 14.0. The molecule has 0 spiro atoms. The maximum atomic E-state index is 5.96. The van der Waals surface area contributed by atoms with Gasteiger partial charge in [0.05, 0.1) is 0 Å². The first-order valence-corrected chi connectivity index (χ1v) is 3.89. The van der Waals surface area contributed by atoms with E-state index < -0.39 is 0 Å². The molecule has 2 heteroatoms. The molecule has 0 radical (unpaired) electrons. The lowest BCUT2D eigenvalue weighted by Crippen LogP contribution is -1.70.